The third kappa shape index (κ3) is 4.86. The van der Waals surface area contributed by atoms with Crippen LogP contribution in [0.5, 0.6) is 5.75 Å². The number of hydrogen-bond donors (Lipinski definition) is 2. The largest absolute Gasteiger partial charge is 0.504 e. The van der Waals surface area contributed by atoms with Crippen molar-refractivity contribution in [1.82, 2.24) is 34.0 Å². The highest BCUT2D eigenvalue weighted by Crippen LogP contribution is 2.72. The Labute approximate surface area is 304 Å². The molecule has 0 radical (unpaired) electrons. The van der Waals surface area contributed by atoms with Crippen LogP contribution < -0.4 is 10.9 Å². The lowest BCUT2D eigenvalue weighted by molar-refractivity contribution is -0.116. The molecular weight excluding hydrogens is 679 g/mol. The van der Waals surface area contributed by atoms with Gasteiger partial charge in [0.15, 0.2) is 17.3 Å². The van der Waals surface area contributed by atoms with Gasteiger partial charge in [-0.05, 0) is 80.9 Å². The Hall–Kier alpha value is -4.98. The molecule has 4 fully saturated rings. The number of carbonyl (C=O) groups excluding carboxylic acids is 2. The molecule has 274 valence electrons. The number of piperidine rings is 1. The van der Waals surface area contributed by atoms with Crippen molar-refractivity contribution in [2.24, 2.45) is 17.3 Å². The van der Waals surface area contributed by atoms with Gasteiger partial charge in [0.05, 0.1) is 24.6 Å². The number of halogens is 1. The quantitative estimate of drug-likeness (QED) is 0.294. The van der Waals surface area contributed by atoms with E-state index in [0.29, 0.717) is 49.2 Å². The minimum atomic E-state index is -0.515. The van der Waals surface area contributed by atoms with E-state index in [2.05, 4.69) is 35.2 Å². The maximum absolute atomic E-state index is 15.2. The fraction of sp³-hybridized carbons (Fsp3) is 0.513. The molecular formula is C39H41FN8O5. The van der Waals surface area contributed by atoms with E-state index in [4.69, 9.17) is 14.8 Å². The normalized spacial score (nSPS) is 27.8. The number of amides is 2. The minimum Gasteiger partial charge on any atom is -0.504 e. The molecule has 1 spiro atoms. The van der Waals surface area contributed by atoms with Gasteiger partial charge in [0.1, 0.15) is 18.7 Å². The van der Waals surface area contributed by atoms with Gasteiger partial charge in [0.25, 0.3) is 11.5 Å². The summed E-state index contributed by atoms with van der Waals surface area (Å²) >= 11 is 0. The molecule has 2 N–H and O–H groups in total. The maximum atomic E-state index is 15.2. The zero-order chi connectivity index (χ0) is 36.6. The van der Waals surface area contributed by atoms with Crippen molar-refractivity contribution in [3.05, 3.63) is 80.8 Å². The van der Waals surface area contributed by atoms with Crippen molar-refractivity contribution in [3.8, 4) is 5.75 Å². The average molecular weight is 721 g/mol. The number of benzene rings is 1. The lowest BCUT2D eigenvalue weighted by atomic mass is 9.54. The van der Waals surface area contributed by atoms with E-state index < -0.39 is 17.1 Å². The van der Waals surface area contributed by atoms with Gasteiger partial charge in [-0.3, -0.25) is 14.4 Å². The molecule has 6 aliphatic rings. The second-order valence-electron chi connectivity index (χ2n) is 16.7. The summed E-state index contributed by atoms with van der Waals surface area (Å²) in [5.74, 6) is -0.212. The predicted octanol–water partition coefficient (Wildman–Crippen LogP) is 4.47. The predicted molar refractivity (Wildman–Crippen MR) is 190 cm³/mol. The van der Waals surface area contributed by atoms with Crippen LogP contribution in [-0.4, -0.2) is 76.8 Å². The lowest BCUT2D eigenvalue weighted by Gasteiger charge is -2.58. The first-order chi connectivity index (χ1) is 25.4. The minimum absolute atomic E-state index is 0.00581. The van der Waals surface area contributed by atoms with E-state index in [-0.39, 0.29) is 70.1 Å². The molecule has 3 saturated carbocycles. The molecule has 0 bridgehead atoms. The van der Waals surface area contributed by atoms with Crippen molar-refractivity contribution >= 4 is 28.9 Å². The fourth-order valence-corrected chi connectivity index (χ4v) is 10.1. The number of likely N-dealkylation sites (tertiary alicyclic amines) is 1. The van der Waals surface area contributed by atoms with Gasteiger partial charge in [-0.1, -0.05) is 26.0 Å². The number of nitrogens with zero attached hydrogens (tertiary/aromatic N) is 7. The molecule has 14 heteroatoms. The van der Waals surface area contributed by atoms with E-state index in [9.17, 15) is 19.5 Å². The highest BCUT2D eigenvalue weighted by atomic mass is 19.1. The zero-order valence-electron chi connectivity index (χ0n) is 29.9. The molecule has 1 saturated heterocycles. The summed E-state index contributed by atoms with van der Waals surface area (Å²) < 4.78 is 24.3. The Bertz CT molecular complexity index is 2360. The molecule has 4 aliphatic carbocycles. The molecule has 3 aromatic heterocycles. The van der Waals surface area contributed by atoms with Crippen LogP contribution in [0.25, 0.3) is 11.4 Å². The summed E-state index contributed by atoms with van der Waals surface area (Å²) in [5.41, 5.74) is 2.60. The molecule has 53 heavy (non-hydrogen) atoms. The van der Waals surface area contributed by atoms with Crippen molar-refractivity contribution < 1.29 is 23.8 Å². The van der Waals surface area contributed by atoms with Crippen molar-refractivity contribution in [1.29, 1.82) is 0 Å². The van der Waals surface area contributed by atoms with Crippen LogP contribution in [0.1, 0.15) is 103 Å². The Balaban J connectivity index is 1.06. The number of hydrogen-bond acceptors (Lipinski definition) is 9. The molecule has 2 amide bonds. The smallest absolute Gasteiger partial charge is 0.279 e. The van der Waals surface area contributed by atoms with Crippen LogP contribution >= 0.6 is 0 Å². The number of carbonyl (C=O) groups is 2. The number of aromatic nitrogens is 6. The van der Waals surface area contributed by atoms with Gasteiger partial charge in [0, 0.05) is 46.2 Å². The highest BCUT2D eigenvalue weighted by Gasteiger charge is 2.70. The first-order valence-electron chi connectivity index (χ1n) is 18.7. The summed E-state index contributed by atoms with van der Waals surface area (Å²) in [4.78, 5) is 57.4. The molecule has 0 unspecified atom stereocenters. The van der Waals surface area contributed by atoms with E-state index in [1.807, 2.05) is 15.5 Å². The zero-order valence-corrected chi connectivity index (χ0v) is 29.9. The van der Waals surface area contributed by atoms with Gasteiger partial charge in [-0.15, -0.1) is 5.10 Å². The number of ether oxygens (including phenoxy) is 1. The molecule has 1 aromatic carbocycles. The number of aromatic hydroxyl groups is 1. The van der Waals surface area contributed by atoms with Gasteiger partial charge >= 0.3 is 0 Å². The summed E-state index contributed by atoms with van der Waals surface area (Å²) in [5, 5.41) is 18.2. The van der Waals surface area contributed by atoms with E-state index >= 15 is 4.39 Å². The fourth-order valence-electron chi connectivity index (χ4n) is 10.1. The standard InChI is InChI=1S/C39H41FN8O5/c1-19-33(50)31(42-18-41-19)36(52)46-11-10-39(24-7-9-28(24)46)25-13-23(25)32-30(39)35(51)48-37(44-34(45-48)22-14-38(2,3)17-53-16-22)47(32)15-29(49)43-27-8-6-21(12-26(27)40)20-4-5-20/h6,8,12,14,18,20,23-25,28,50H,4-5,7,9-11,13,15-17H2,1-3H3,(H,43,49)/t23-,24+,25+,28-,39-/m0/s1. The summed E-state index contributed by atoms with van der Waals surface area (Å²) in [6, 6.07) is 4.87. The second-order valence-corrected chi connectivity index (χ2v) is 16.7. The molecule has 4 aromatic rings. The number of nitrogens with one attached hydrogen (secondary N) is 1. The Morgan fingerprint density at radius 1 is 1.13 bits per heavy atom. The third-order valence-electron chi connectivity index (χ3n) is 12.8. The van der Waals surface area contributed by atoms with Gasteiger partial charge in [0.2, 0.25) is 11.7 Å². The van der Waals surface area contributed by atoms with Gasteiger partial charge in [-0.25, -0.2) is 14.4 Å². The van der Waals surface area contributed by atoms with Crippen molar-refractivity contribution in [3.63, 3.8) is 0 Å². The second kappa shape index (κ2) is 11.3. The van der Waals surface area contributed by atoms with Gasteiger partial charge in [-0.2, -0.15) is 9.50 Å². The van der Waals surface area contributed by atoms with E-state index in [1.54, 1.807) is 13.0 Å². The van der Waals surface area contributed by atoms with Crippen LogP contribution in [-0.2, 0) is 21.5 Å². The van der Waals surface area contributed by atoms with Crippen LogP contribution in [0, 0.1) is 30.0 Å². The highest BCUT2D eigenvalue weighted by molar-refractivity contribution is 5.95. The molecule has 13 nitrogen and oxygen atoms in total. The molecule has 2 aliphatic heterocycles. The van der Waals surface area contributed by atoms with Crippen LogP contribution in [0.4, 0.5) is 10.1 Å². The van der Waals surface area contributed by atoms with Crippen LogP contribution in [0.15, 0.2) is 35.4 Å². The van der Waals surface area contributed by atoms with E-state index in [0.717, 1.165) is 48.9 Å². The van der Waals surface area contributed by atoms with Gasteiger partial charge < -0.3 is 24.6 Å². The number of aryl methyl sites for hydroxylation is 1. The molecule has 5 atom stereocenters. The van der Waals surface area contributed by atoms with Crippen LogP contribution in [0.3, 0.4) is 0 Å². The van der Waals surface area contributed by atoms with Crippen molar-refractivity contribution in [2.75, 3.05) is 25.1 Å². The Morgan fingerprint density at radius 3 is 2.70 bits per heavy atom. The van der Waals surface area contributed by atoms with E-state index in [1.165, 1.54) is 16.9 Å². The van der Waals surface area contributed by atoms with Crippen LogP contribution in [0.2, 0.25) is 0 Å². The summed E-state index contributed by atoms with van der Waals surface area (Å²) in [6.45, 7) is 6.82. The average Bonchev–Trinajstić information content (AvgIpc) is 4.04. The molecule has 10 rings (SSSR count). The topological polar surface area (TPSA) is 157 Å². The molecule has 5 heterocycles. The number of rotatable bonds is 6. The maximum Gasteiger partial charge on any atom is 0.279 e. The number of anilines is 1. The van der Waals surface area contributed by atoms with Crippen molar-refractivity contribution in [2.45, 2.75) is 89.1 Å². The summed E-state index contributed by atoms with van der Waals surface area (Å²) in [7, 11) is 0. The third-order valence-corrected chi connectivity index (χ3v) is 12.8. The lowest BCUT2D eigenvalue weighted by Crippen LogP contribution is -2.64. The Kier molecular flexibility index (Phi) is 6.94. The number of fused-ring (bicyclic) bond motifs is 8. The first kappa shape index (κ1) is 32.7. The summed E-state index contributed by atoms with van der Waals surface area (Å²) in [6.07, 6.45) is 8.49. The monoisotopic (exact) mass is 720 g/mol. The first-order valence-corrected chi connectivity index (χ1v) is 18.7. The Morgan fingerprint density at radius 2 is 1.96 bits per heavy atom. The SMILES string of the molecule is Cc1ncnc(C(=O)N2CC[C@]3(c4c(n(CC(=O)Nc5ccc(C6CC6)cc5F)c5nc(C6=CC(C)(C)COC6)nn5c4=O)[C@H]4C[C@H]43)[C@@H]3CC[C@@H]32)c1O.